The lowest BCUT2D eigenvalue weighted by atomic mass is 10.1. The summed E-state index contributed by atoms with van der Waals surface area (Å²) in [5.41, 5.74) is 2.46. The highest BCUT2D eigenvalue weighted by molar-refractivity contribution is 6.17. The van der Waals surface area contributed by atoms with Gasteiger partial charge < -0.3 is 0 Å². The lowest BCUT2D eigenvalue weighted by Gasteiger charge is -2.07. The Hall–Kier alpha value is -0.850. The zero-order valence-electron chi connectivity index (χ0n) is 7.50. The van der Waals surface area contributed by atoms with Gasteiger partial charge >= 0.3 is 0 Å². The van der Waals surface area contributed by atoms with Crippen LogP contribution in [-0.2, 0) is 18.2 Å². The van der Waals surface area contributed by atoms with E-state index in [1.54, 1.807) is 0 Å². The van der Waals surface area contributed by atoms with Crippen molar-refractivity contribution in [3.63, 3.8) is 0 Å². The zero-order valence-corrected chi connectivity index (χ0v) is 9.02. The minimum atomic E-state index is 0.327. The minimum absolute atomic E-state index is 0.327. The van der Waals surface area contributed by atoms with Gasteiger partial charge in [-0.25, -0.2) is 9.97 Å². The van der Waals surface area contributed by atoms with E-state index in [2.05, 4.69) is 16.0 Å². The average Bonchev–Trinajstić information content (AvgIpc) is 2.25. The molecule has 3 nitrogen and oxygen atoms in total. The molecule has 0 spiro atoms. The predicted octanol–water partition coefficient (Wildman–Crippen LogP) is 2.41. The molecule has 1 rings (SSSR count). The fourth-order valence-corrected chi connectivity index (χ4v) is 1.65. The van der Waals surface area contributed by atoms with E-state index < -0.39 is 0 Å². The first-order valence-electron chi connectivity index (χ1n) is 4.14. The lowest BCUT2D eigenvalue weighted by molar-refractivity contribution is 0.899. The Kier molecular flexibility index (Phi) is 4.64. The first-order chi connectivity index (χ1) is 6.83. The van der Waals surface area contributed by atoms with Crippen LogP contribution in [0.1, 0.15) is 23.4 Å². The molecule has 0 atom stereocenters. The summed E-state index contributed by atoms with van der Waals surface area (Å²) >= 11 is 11.4. The van der Waals surface area contributed by atoms with Gasteiger partial charge in [0.05, 0.1) is 29.2 Å². The Morgan fingerprint density at radius 3 is 2.21 bits per heavy atom. The zero-order chi connectivity index (χ0) is 10.4. The maximum absolute atomic E-state index is 8.50. The highest BCUT2D eigenvalue weighted by atomic mass is 35.5. The molecule has 0 fully saturated rings. The summed E-state index contributed by atoms with van der Waals surface area (Å²) < 4.78 is 0. The normalized spacial score (nSPS) is 9.79. The fraction of sp³-hybridized carbons (Fsp3) is 0.444. The summed E-state index contributed by atoms with van der Waals surface area (Å²) in [7, 11) is 0. The van der Waals surface area contributed by atoms with Crippen molar-refractivity contribution >= 4 is 23.2 Å². The van der Waals surface area contributed by atoms with Crippen molar-refractivity contribution in [2.75, 3.05) is 0 Å². The van der Waals surface area contributed by atoms with Gasteiger partial charge in [0.2, 0.25) is 0 Å². The molecular formula is C9H9Cl2N3. The molecule has 0 saturated carbocycles. The largest absolute Gasteiger partial charge is 0.240 e. The lowest BCUT2D eigenvalue weighted by Crippen LogP contribution is -2.03. The Bertz CT molecular complexity index is 324. The van der Waals surface area contributed by atoms with Gasteiger partial charge in [0.1, 0.15) is 6.33 Å². The van der Waals surface area contributed by atoms with E-state index in [1.165, 1.54) is 6.33 Å². The molecule has 1 heterocycles. The quantitative estimate of drug-likeness (QED) is 0.746. The van der Waals surface area contributed by atoms with Gasteiger partial charge in [0.25, 0.3) is 0 Å². The number of alkyl halides is 2. The topological polar surface area (TPSA) is 49.6 Å². The smallest absolute Gasteiger partial charge is 0.116 e. The van der Waals surface area contributed by atoms with Crippen LogP contribution in [0, 0.1) is 11.3 Å². The monoisotopic (exact) mass is 229 g/mol. The highest BCUT2D eigenvalue weighted by Crippen LogP contribution is 2.16. The number of aromatic nitrogens is 2. The van der Waals surface area contributed by atoms with E-state index >= 15 is 0 Å². The van der Waals surface area contributed by atoms with E-state index in [0.29, 0.717) is 24.6 Å². The third kappa shape index (κ3) is 2.57. The molecule has 0 aliphatic rings. The van der Waals surface area contributed by atoms with Gasteiger partial charge in [-0.1, -0.05) is 0 Å². The molecular weight excluding hydrogens is 221 g/mol. The number of nitriles is 1. The second-order valence-electron chi connectivity index (χ2n) is 2.67. The van der Waals surface area contributed by atoms with Crippen molar-refractivity contribution in [2.45, 2.75) is 24.6 Å². The van der Waals surface area contributed by atoms with Gasteiger partial charge in [-0.3, -0.25) is 0 Å². The van der Waals surface area contributed by atoms with Crippen molar-refractivity contribution in [2.24, 2.45) is 0 Å². The number of halogens is 2. The number of rotatable bonds is 4. The van der Waals surface area contributed by atoms with Crippen LogP contribution in [-0.4, -0.2) is 9.97 Å². The van der Waals surface area contributed by atoms with Crippen molar-refractivity contribution < 1.29 is 0 Å². The van der Waals surface area contributed by atoms with Crippen LogP contribution in [0.4, 0.5) is 0 Å². The van der Waals surface area contributed by atoms with Crippen molar-refractivity contribution in [3.05, 3.63) is 23.3 Å². The molecule has 0 unspecified atom stereocenters. The maximum Gasteiger partial charge on any atom is 0.116 e. The third-order valence-corrected chi connectivity index (χ3v) is 2.37. The number of hydrogen-bond donors (Lipinski definition) is 0. The molecule has 0 radical (unpaired) electrons. The third-order valence-electron chi connectivity index (χ3n) is 1.86. The Morgan fingerprint density at radius 2 is 1.79 bits per heavy atom. The van der Waals surface area contributed by atoms with Gasteiger partial charge in [0.15, 0.2) is 0 Å². The second kappa shape index (κ2) is 5.79. The van der Waals surface area contributed by atoms with Crippen LogP contribution >= 0.6 is 23.2 Å². The van der Waals surface area contributed by atoms with E-state index in [1.807, 2.05) is 0 Å². The Labute approximate surface area is 92.7 Å². The molecule has 0 aliphatic heterocycles. The summed E-state index contributed by atoms with van der Waals surface area (Å²) in [6.07, 6.45) is 2.49. The highest BCUT2D eigenvalue weighted by Gasteiger charge is 2.09. The molecule has 0 amide bonds. The second-order valence-corrected chi connectivity index (χ2v) is 3.21. The standard InChI is InChI=1S/C9H9Cl2N3/c10-4-8-7(2-1-3-12)9(5-11)14-6-13-8/h6H,1-2,4-5H2. The molecule has 14 heavy (non-hydrogen) atoms. The summed E-state index contributed by atoms with van der Waals surface area (Å²) in [5.74, 6) is 0.653. The van der Waals surface area contributed by atoms with E-state index in [9.17, 15) is 0 Å². The summed E-state index contributed by atoms with van der Waals surface area (Å²) in [6.45, 7) is 0. The van der Waals surface area contributed by atoms with Crippen LogP contribution in [0.15, 0.2) is 6.33 Å². The molecule has 0 aromatic carbocycles. The molecule has 0 bridgehead atoms. The summed E-state index contributed by atoms with van der Waals surface area (Å²) in [4.78, 5) is 8.10. The van der Waals surface area contributed by atoms with E-state index in [0.717, 1.165) is 17.0 Å². The van der Waals surface area contributed by atoms with Crippen LogP contribution in [0.25, 0.3) is 0 Å². The van der Waals surface area contributed by atoms with Crippen LogP contribution in [0.2, 0.25) is 0 Å². The van der Waals surface area contributed by atoms with Crippen molar-refractivity contribution in [1.29, 1.82) is 5.26 Å². The van der Waals surface area contributed by atoms with Gasteiger partial charge in [0, 0.05) is 6.42 Å². The van der Waals surface area contributed by atoms with Crippen LogP contribution < -0.4 is 0 Å². The molecule has 74 valence electrons. The van der Waals surface area contributed by atoms with Gasteiger partial charge in [-0.15, -0.1) is 23.2 Å². The van der Waals surface area contributed by atoms with Crippen molar-refractivity contribution in [1.82, 2.24) is 9.97 Å². The molecule has 0 saturated heterocycles. The Balaban J connectivity index is 3.00. The SMILES string of the molecule is N#CCCc1c(CCl)ncnc1CCl. The van der Waals surface area contributed by atoms with Crippen LogP contribution in [0.3, 0.4) is 0 Å². The predicted molar refractivity (Wildman–Crippen MR) is 55.1 cm³/mol. The first kappa shape index (κ1) is 11.2. The molecule has 0 aliphatic carbocycles. The van der Waals surface area contributed by atoms with E-state index in [4.69, 9.17) is 28.5 Å². The van der Waals surface area contributed by atoms with Crippen molar-refractivity contribution in [3.8, 4) is 6.07 Å². The molecule has 0 N–H and O–H groups in total. The molecule has 1 aromatic heterocycles. The first-order valence-corrected chi connectivity index (χ1v) is 5.20. The van der Waals surface area contributed by atoms with Gasteiger partial charge in [-0.2, -0.15) is 5.26 Å². The molecule has 1 aromatic rings. The van der Waals surface area contributed by atoms with Gasteiger partial charge in [-0.05, 0) is 12.0 Å². The summed E-state index contributed by atoms with van der Waals surface area (Å²) in [5, 5.41) is 8.50. The maximum atomic E-state index is 8.50. The minimum Gasteiger partial charge on any atom is -0.240 e. The summed E-state index contributed by atoms with van der Waals surface area (Å²) in [6, 6.07) is 2.08. The number of hydrogen-bond acceptors (Lipinski definition) is 3. The average molecular weight is 230 g/mol. The van der Waals surface area contributed by atoms with E-state index in [-0.39, 0.29) is 0 Å². The number of nitrogens with zero attached hydrogens (tertiary/aromatic N) is 3. The fourth-order valence-electron chi connectivity index (χ4n) is 1.19. The molecule has 5 heteroatoms. The Morgan fingerprint density at radius 1 is 1.21 bits per heavy atom. The van der Waals surface area contributed by atoms with Crippen LogP contribution in [0.5, 0.6) is 0 Å².